The van der Waals surface area contributed by atoms with E-state index in [9.17, 15) is 9.59 Å². The molecule has 1 unspecified atom stereocenters. The summed E-state index contributed by atoms with van der Waals surface area (Å²) >= 11 is 0. The van der Waals surface area contributed by atoms with Crippen LogP contribution in [0.15, 0.2) is 12.2 Å². The van der Waals surface area contributed by atoms with E-state index in [1.165, 1.54) is 0 Å². The molecule has 5 heteroatoms. The fourth-order valence-corrected chi connectivity index (χ4v) is 2.53. The summed E-state index contributed by atoms with van der Waals surface area (Å²) in [6.45, 7) is 2.81. The molecule has 2 heterocycles. The number of fused-ring (bicyclic) bond motifs is 1. The maximum atomic E-state index is 12.0. The van der Waals surface area contributed by atoms with Crippen LogP contribution in [-0.2, 0) is 9.59 Å². The first-order valence-corrected chi connectivity index (χ1v) is 6.47. The Bertz CT molecular complexity index is 365. The number of carbonyl (C=O) groups is 2. The molecule has 2 amide bonds. The Hall–Kier alpha value is -1.36. The Morgan fingerprint density at radius 2 is 2.22 bits per heavy atom. The SMILES string of the molecule is CN(C)CC=CC(=O)N1CCN2C(=O)CCC2C1. The molecular formula is C13H21N3O2. The van der Waals surface area contributed by atoms with Crippen LogP contribution >= 0.6 is 0 Å². The average Bonchev–Trinajstić information content (AvgIpc) is 2.70. The van der Waals surface area contributed by atoms with Gasteiger partial charge in [-0.2, -0.15) is 0 Å². The summed E-state index contributed by atoms with van der Waals surface area (Å²) in [5, 5.41) is 0. The number of nitrogens with zero attached hydrogens (tertiary/aromatic N) is 3. The topological polar surface area (TPSA) is 43.9 Å². The fraction of sp³-hybridized carbons (Fsp3) is 0.692. The lowest BCUT2D eigenvalue weighted by Gasteiger charge is -2.37. The number of hydrogen-bond donors (Lipinski definition) is 0. The van der Waals surface area contributed by atoms with Gasteiger partial charge in [0, 0.05) is 44.7 Å². The zero-order valence-corrected chi connectivity index (χ0v) is 11.1. The standard InChI is InChI=1S/C13H21N3O2/c1-14(2)7-3-4-12(17)15-8-9-16-11(10-15)5-6-13(16)18/h3-4,11H,5-10H2,1-2H3. The molecule has 0 aromatic carbocycles. The van der Waals surface area contributed by atoms with Crippen molar-refractivity contribution in [2.24, 2.45) is 0 Å². The molecular weight excluding hydrogens is 230 g/mol. The van der Waals surface area contributed by atoms with E-state index in [0.717, 1.165) is 13.0 Å². The molecule has 1 atom stereocenters. The lowest BCUT2D eigenvalue weighted by molar-refractivity contribution is -0.136. The number of likely N-dealkylation sites (N-methyl/N-ethyl adjacent to an activating group) is 1. The van der Waals surface area contributed by atoms with Crippen LogP contribution in [0.3, 0.4) is 0 Å². The van der Waals surface area contributed by atoms with Crippen LogP contribution in [0.2, 0.25) is 0 Å². The van der Waals surface area contributed by atoms with E-state index < -0.39 is 0 Å². The largest absolute Gasteiger partial charge is 0.336 e. The third-order valence-corrected chi connectivity index (χ3v) is 3.54. The normalized spacial score (nSPS) is 24.2. The summed E-state index contributed by atoms with van der Waals surface area (Å²) in [4.78, 5) is 29.3. The number of piperazine rings is 1. The molecule has 2 aliphatic rings. The number of hydrogen-bond acceptors (Lipinski definition) is 3. The zero-order valence-electron chi connectivity index (χ0n) is 11.1. The molecule has 0 radical (unpaired) electrons. The van der Waals surface area contributed by atoms with Crippen LogP contribution in [0.1, 0.15) is 12.8 Å². The van der Waals surface area contributed by atoms with Gasteiger partial charge in [0.25, 0.3) is 0 Å². The Kier molecular flexibility index (Phi) is 4.01. The molecule has 0 N–H and O–H groups in total. The molecule has 2 rings (SSSR count). The molecule has 5 nitrogen and oxygen atoms in total. The van der Waals surface area contributed by atoms with Crippen molar-refractivity contribution >= 4 is 11.8 Å². The molecule has 2 aliphatic heterocycles. The minimum absolute atomic E-state index is 0.0656. The smallest absolute Gasteiger partial charge is 0.246 e. The van der Waals surface area contributed by atoms with E-state index in [1.807, 2.05) is 34.9 Å². The van der Waals surface area contributed by atoms with E-state index in [4.69, 9.17) is 0 Å². The van der Waals surface area contributed by atoms with Crippen LogP contribution in [-0.4, -0.2) is 72.8 Å². The van der Waals surface area contributed by atoms with E-state index in [0.29, 0.717) is 26.1 Å². The van der Waals surface area contributed by atoms with Gasteiger partial charge < -0.3 is 14.7 Å². The van der Waals surface area contributed by atoms with Crippen molar-refractivity contribution in [1.29, 1.82) is 0 Å². The van der Waals surface area contributed by atoms with Gasteiger partial charge in [-0.05, 0) is 20.5 Å². The lowest BCUT2D eigenvalue weighted by atomic mass is 10.1. The van der Waals surface area contributed by atoms with Crippen molar-refractivity contribution in [3.05, 3.63) is 12.2 Å². The van der Waals surface area contributed by atoms with Crippen molar-refractivity contribution in [2.45, 2.75) is 18.9 Å². The number of carbonyl (C=O) groups excluding carboxylic acids is 2. The van der Waals surface area contributed by atoms with Crippen molar-refractivity contribution in [3.8, 4) is 0 Å². The summed E-state index contributed by atoms with van der Waals surface area (Å²) in [5.41, 5.74) is 0. The second kappa shape index (κ2) is 5.52. The highest BCUT2D eigenvalue weighted by Crippen LogP contribution is 2.22. The monoisotopic (exact) mass is 251 g/mol. The predicted octanol–water partition coefficient (Wildman–Crippen LogP) is -0.0626. The van der Waals surface area contributed by atoms with Crippen molar-refractivity contribution in [1.82, 2.24) is 14.7 Å². The van der Waals surface area contributed by atoms with Gasteiger partial charge in [-0.3, -0.25) is 9.59 Å². The third kappa shape index (κ3) is 2.90. The van der Waals surface area contributed by atoms with Gasteiger partial charge in [0.15, 0.2) is 0 Å². The quantitative estimate of drug-likeness (QED) is 0.660. The predicted molar refractivity (Wildman–Crippen MR) is 69.0 cm³/mol. The maximum Gasteiger partial charge on any atom is 0.246 e. The van der Waals surface area contributed by atoms with Gasteiger partial charge in [-0.15, -0.1) is 0 Å². The highest BCUT2D eigenvalue weighted by Gasteiger charge is 2.36. The molecule has 0 aliphatic carbocycles. The Morgan fingerprint density at radius 3 is 2.94 bits per heavy atom. The molecule has 0 spiro atoms. The van der Waals surface area contributed by atoms with Crippen LogP contribution in [0.5, 0.6) is 0 Å². The molecule has 0 saturated carbocycles. The Morgan fingerprint density at radius 1 is 1.44 bits per heavy atom. The highest BCUT2D eigenvalue weighted by atomic mass is 16.2. The van der Waals surface area contributed by atoms with Crippen LogP contribution in [0.4, 0.5) is 0 Å². The van der Waals surface area contributed by atoms with Gasteiger partial charge in [-0.25, -0.2) is 0 Å². The zero-order chi connectivity index (χ0) is 13.1. The first-order chi connectivity index (χ1) is 8.58. The molecule has 100 valence electrons. The van der Waals surface area contributed by atoms with Gasteiger partial charge in [0.05, 0.1) is 0 Å². The molecule has 2 fully saturated rings. The summed E-state index contributed by atoms with van der Waals surface area (Å²) < 4.78 is 0. The summed E-state index contributed by atoms with van der Waals surface area (Å²) in [7, 11) is 3.94. The van der Waals surface area contributed by atoms with Gasteiger partial charge in [0.1, 0.15) is 0 Å². The average molecular weight is 251 g/mol. The molecule has 18 heavy (non-hydrogen) atoms. The number of amides is 2. The summed E-state index contributed by atoms with van der Waals surface area (Å²) in [6.07, 6.45) is 5.06. The van der Waals surface area contributed by atoms with E-state index in [-0.39, 0.29) is 17.9 Å². The van der Waals surface area contributed by atoms with Gasteiger partial charge >= 0.3 is 0 Å². The van der Waals surface area contributed by atoms with Crippen LogP contribution in [0.25, 0.3) is 0 Å². The maximum absolute atomic E-state index is 12.0. The molecule has 0 aromatic heterocycles. The molecule has 2 saturated heterocycles. The van der Waals surface area contributed by atoms with Crippen molar-refractivity contribution in [3.63, 3.8) is 0 Å². The molecule has 0 aromatic rings. The second-order valence-electron chi connectivity index (χ2n) is 5.23. The van der Waals surface area contributed by atoms with Crippen molar-refractivity contribution in [2.75, 3.05) is 40.3 Å². The fourth-order valence-electron chi connectivity index (χ4n) is 2.53. The first-order valence-electron chi connectivity index (χ1n) is 6.47. The van der Waals surface area contributed by atoms with Gasteiger partial charge in [-0.1, -0.05) is 6.08 Å². The highest BCUT2D eigenvalue weighted by molar-refractivity contribution is 5.88. The Labute approximate surface area is 108 Å². The Balaban J connectivity index is 1.86. The van der Waals surface area contributed by atoms with Crippen LogP contribution < -0.4 is 0 Å². The summed E-state index contributed by atoms with van der Waals surface area (Å²) in [5.74, 6) is 0.311. The second-order valence-corrected chi connectivity index (χ2v) is 5.23. The number of rotatable bonds is 3. The van der Waals surface area contributed by atoms with E-state index in [2.05, 4.69) is 0 Å². The molecule has 0 bridgehead atoms. The minimum Gasteiger partial charge on any atom is -0.336 e. The van der Waals surface area contributed by atoms with E-state index >= 15 is 0 Å². The third-order valence-electron chi connectivity index (χ3n) is 3.54. The van der Waals surface area contributed by atoms with Crippen LogP contribution in [0, 0.1) is 0 Å². The van der Waals surface area contributed by atoms with Crippen molar-refractivity contribution < 1.29 is 9.59 Å². The lowest BCUT2D eigenvalue weighted by Crippen LogP contribution is -2.52. The van der Waals surface area contributed by atoms with Gasteiger partial charge in [0.2, 0.25) is 11.8 Å². The van der Waals surface area contributed by atoms with E-state index in [1.54, 1.807) is 6.08 Å². The minimum atomic E-state index is 0.0656. The first kappa shape index (κ1) is 13.1. The summed E-state index contributed by atoms with van der Waals surface area (Å²) in [6, 6.07) is 0.248.